The molecule has 0 saturated carbocycles. The first-order chi connectivity index (χ1) is 16.7. The molecule has 0 fully saturated rings. The number of hydrogen-bond donors (Lipinski definition) is 0. The molecule has 0 atom stereocenters. The van der Waals surface area contributed by atoms with Crippen molar-refractivity contribution in [1.82, 2.24) is 9.38 Å². The summed E-state index contributed by atoms with van der Waals surface area (Å²) in [7, 11) is 1.62. The van der Waals surface area contributed by atoms with Gasteiger partial charge >= 0.3 is 0 Å². The first kappa shape index (κ1) is 20.4. The average Bonchev–Trinajstić information content (AvgIpc) is 3.39. The van der Waals surface area contributed by atoms with E-state index in [9.17, 15) is 4.79 Å². The highest BCUT2D eigenvalue weighted by Gasteiger charge is 2.11. The monoisotopic (exact) mass is 464 g/mol. The molecule has 0 aliphatic heterocycles. The van der Waals surface area contributed by atoms with Gasteiger partial charge in [-0.3, -0.25) is 4.79 Å². The Morgan fingerprint density at radius 1 is 0.941 bits per heavy atom. The van der Waals surface area contributed by atoms with Gasteiger partial charge in [-0.2, -0.15) is 0 Å². The van der Waals surface area contributed by atoms with Gasteiger partial charge in [0.15, 0.2) is 16.5 Å². The lowest BCUT2D eigenvalue weighted by Gasteiger charge is -2.12. The summed E-state index contributed by atoms with van der Waals surface area (Å²) < 4.78 is 14.0. The topological polar surface area (TPSA) is 52.8 Å². The Balaban J connectivity index is 1.32. The number of benzene rings is 4. The van der Waals surface area contributed by atoms with Crippen molar-refractivity contribution in [3.63, 3.8) is 0 Å². The van der Waals surface area contributed by atoms with Gasteiger partial charge in [0, 0.05) is 0 Å². The third-order valence-electron chi connectivity index (χ3n) is 5.89. The second-order valence-corrected chi connectivity index (χ2v) is 8.98. The predicted octanol–water partition coefficient (Wildman–Crippen LogP) is 5.20. The fourth-order valence-electron chi connectivity index (χ4n) is 4.23. The van der Waals surface area contributed by atoms with E-state index < -0.39 is 0 Å². The molecule has 5 nitrogen and oxygen atoms in total. The Hall–Kier alpha value is -4.16. The lowest BCUT2D eigenvalue weighted by atomic mass is 10.1. The van der Waals surface area contributed by atoms with Crippen LogP contribution in [0.3, 0.4) is 0 Å². The van der Waals surface area contributed by atoms with E-state index in [4.69, 9.17) is 9.47 Å². The summed E-state index contributed by atoms with van der Waals surface area (Å²) in [5, 5.41) is 2.36. The van der Waals surface area contributed by atoms with Gasteiger partial charge in [-0.25, -0.2) is 9.38 Å². The highest BCUT2D eigenvalue weighted by molar-refractivity contribution is 7.15. The van der Waals surface area contributed by atoms with Crippen LogP contribution in [0.1, 0.15) is 11.1 Å². The average molecular weight is 465 g/mol. The first-order valence-corrected chi connectivity index (χ1v) is 11.7. The molecule has 6 heteroatoms. The molecule has 0 spiro atoms. The molecule has 0 radical (unpaired) electrons. The van der Waals surface area contributed by atoms with Gasteiger partial charge in [0.1, 0.15) is 6.61 Å². The van der Waals surface area contributed by atoms with Crippen LogP contribution in [0.15, 0.2) is 89.7 Å². The summed E-state index contributed by atoms with van der Waals surface area (Å²) in [6, 6.07) is 27.8. The van der Waals surface area contributed by atoms with Crippen molar-refractivity contribution in [1.29, 1.82) is 0 Å². The van der Waals surface area contributed by atoms with Crippen LogP contribution in [0.25, 0.3) is 32.8 Å². The smallest absolute Gasteiger partial charge is 0.274 e. The molecule has 2 aromatic heterocycles. The fourth-order valence-corrected chi connectivity index (χ4v) is 5.22. The van der Waals surface area contributed by atoms with Gasteiger partial charge in [0.05, 0.1) is 22.7 Å². The molecule has 0 aliphatic rings. The third kappa shape index (κ3) is 3.49. The summed E-state index contributed by atoms with van der Waals surface area (Å²) in [6.07, 6.45) is 1.87. The number of para-hydroxylation sites is 2. The van der Waals surface area contributed by atoms with Crippen molar-refractivity contribution < 1.29 is 9.47 Å². The van der Waals surface area contributed by atoms with Gasteiger partial charge in [-0.1, -0.05) is 72.0 Å². The van der Waals surface area contributed by atoms with Gasteiger partial charge in [0.25, 0.3) is 5.56 Å². The Morgan fingerprint density at radius 2 is 1.76 bits per heavy atom. The molecule has 0 saturated heterocycles. The molecule has 166 valence electrons. The van der Waals surface area contributed by atoms with E-state index in [-0.39, 0.29) is 5.56 Å². The maximum Gasteiger partial charge on any atom is 0.274 e. The van der Waals surface area contributed by atoms with Crippen molar-refractivity contribution >= 4 is 44.2 Å². The van der Waals surface area contributed by atoms with Gasteiger partial charge in [-0.15, -0.1) is 0 Å². The van der Waals surface area contributed by atoms with Crippen LogP contribution >= 0.6 is 11.3 Å². The lowest BCUT2D eigenvalue weighted by molar-refractivity contribution is 0.285. The molecular formula is C28H20N2O3S. The van der Waals surface area contributed by atoms with Crippen LogP contribution in [-0.4, -0.2) is 16.5 Å². The number of aromatic nitrogens is 2. The van der Waals surface area contributed by atoms with Gasteiger partial charge < -0.3 is 9.47 Å². The highest BCUT2D eigenvalue weighted by Crippen LogP contribution is 2.30. The Morgan fingerprint density at radius 3 is 2.68 bits per heavy atom. The summed E-state index contributed by atoms with van der Waals surface area (Å²) >= 11 is 1.38. The van der Waals surface area contributed by atoms with E-state index in [1.807, 2.05) is 66.7 Å². The number of methoxy groups -OCH3 is 1. The molecular weight excluding hydrogens is 444 g/mol. The second-order valence-electron chi connectivity index (χ2n) is 7.97. The predicted molar refractivity (Wildman–Crippen MR) is 137 cm³/mol. The minimum atomic E-state index is -0.0658. The van der Waals surface area contributed by atoms with Crippen molar-refractivity contribution in [3.8, 4) is 11.5 Å². The minimum absolute atomic E-state index is 0.0658. The van der Waals surface area contributed by atoms with Crippen LogP contribution < -0.4 is 19.6 Å². The maximum atomic E-state index is 13.0. The van der Waals surface area contributed by atoms with E-state index in [0.29, 0.717) is 27.6 Å². The number of imidazole rings is 1. The van der Waals surface area contributed by atoms with E-state index in [0.717, 1.165) is 22.2 Å². The SMILES string of the molecule is COc1cc(C=c2sc3nc4ccccc4n3c2=O)ccc1OCc1cccc2ccccc12. The van der Waals surface area contributed by atoms with Crippen molar-refractivity contribution in [2.24, 2.45) is 0 Å². The van der Waals surface area contributed by atoms with Gasteiger partial charge in [-0.05, 0) is 52.2 Å². The quantitative estimate of drug-likeness (QED) is 0.352. The number of hydrogen-bond acceptors (Lipinski definition) is 5. The highest BCUT2D eigenvalue weighted by atomic mass is 32.1. The van der Waals surface area contributed by atoms with Crippen LogP contribution in [0.5, 0.6) is 11.5 Å². The third-order valence-corrected chi connectivity index (χ3v) is 6.86. The lowest BCUT2D eigenvalue weighted by Crippen LogP contribution is -2.22. The Labute approximate surface area is 199 Å². The number of ether oxygens (including phenoxy) is 2. The normalized spacial score (nSPS) is 12.1. The molecule has 0 amide bonds. The molecule has 6 rings (SSSR count). The van der Waals surface area contributed by atoms with Crippen LogP contribution in [0.4, 0.5) is 0 Å². The van der Waals surface area contributed by atoms with Gasteiger partial charge in [0.2, 0.25) is 0 Å². The second kappa shape index (κ2) is 8.32. The molecule has 6 aromatic rings. The molecule has 34 heavy (non-hydrogen) atoms. The van der Waals surface area contributed by atoms with E-state index >= 15 is 0 Å². The zero-order valence-corrected chi connectivity index (χ0v) is 19.2. The number of nitrogens with zero attached hydrogens (tertiary/aromatic N) is 2. The number of fused-ring (bicyclic) bond motifs is 4. The molecule has 0 unspecified atom stereocenters. The maximum absolute atomic E-state index is 13.0. The Kier molecular flexibility index (Phi) is 5.00. The molecule has 0 bridgehead atoms. The zero-order chi connectivity index (χ0) is 23.1. The molecule has 0 aliphatic carbocycles. The Bertz CT molecular complexity index is 1780. The summed E-state index contributed by atoms with van der Waals surface area (Å²) in [5.41, 5.74) is 3.56. The molecule has 2 heterocycles. The fraction of sp³-hybridized carbons (Fsp3) is 0.0714. The molecule has 0 N–H and O–H groups in total. The summed E-state index contributed by atoms with van der Waals surface area (Å²) in [6.45, 7) is 0.431. The number of thiazole rings is 1. The minimum Gasteiger partial charge on any atom is -0.493 e. The largest absolute Gasteiger partial charge is 0.493 e. The summed E-state index contributed by atoms with van der Waals surface area (Å²) in [5.74, 6) is 1.27. The van der Waals surface area contributed by atoms with Crippen molar-refractivity contribution in [2.45, 2.75) is 6.61 Å². The zero-order valence-electron chi connectivity index (χ0n) is 18.4. The van der Waals surface area contributed by atoms with Crippen molar-refractivity contribution in [2.75, 3.05) is 7.11 Å². The van der Waals surface area contributed by atoms with E-state index in [2.05, 4.69) is 29.2 Å². The van der Waals surface area contributed by atoms with Crippen LogP contribution in [0.2, 0.25) is 0 Å². The van der Waals surface area contributed by atoms with Crippen LogP contribution in [-0.2, 0) is 6.61 Å². The number of rotatable bonds is 5. The first-order valence-electron chi connectivity index (χ1n) is 10.9. The van der Waals surface area contributed by atoms with Crippen molar-refractivity contribution in [3.05, 3.63) is 111 Å². The molecule has 4 aromatic carbocycles. The summed E-state index contributed by atoms with van der Waals surface area (Å²) in [4.78, 5) is 18.3. The van der Waals surface area contributed by atoms with Crippen LogP contribution in [0, 0.1) is 0 Å². The standard InChI is InChI=1S/C28H20N2O3S/c1-32-25-15-18(16-26-27(31)30-23-12-5-4-11-22(23)29-28(30)34-26)13-14-24(25)33-17-20-9-6-8-19-7-2-3-10-21(19)20/h2-16H,17H2,1H3. The van der Waals surface area contributed by atoms with E-state index in [1.165, 1.54) is 22.1 Å². The van der Waals surface area contributed by atoms with E-state index in [1.54, 1.807) is 11.5 Å².